The second-order valence-electron chi connectivity index (χ2n) is 6.36. The van der Waals surface area contributed by atoms with Crippen LogP contribution in [-0.2, 0) is 11.3 Å². The molecule has 0 aliphatic rings. The summed E-state index contributed by atoms with van der Waals surface area (Å²) in [6, 6.07) is 18.4. The molecule has 0 unspecified atom stereocenters. The van der Waals surface area contributed by atoms with Crippen molar-refractivity contribution in [1.29, 1.82) is 0 Å². The van der Waals surface area contributed by atoms with Crippen LogP contribution in [0.1, 0.15) is 28.5 Å². The quantitative estimate of drug-likeness (QED) is 0.612. The number of anilines is 3. The molecule has 0 fully saturated rings. The largest absolute Gasteiger partial charge is 0.365 e. The van der Waals surface area contributed by atoms with E-state index < -0.39 is 0 Å². The first-order chi connectivity index (χ1) is 13.5. The summed E-state index contributed by atoms with van der Waals surface area (Å²) in [6.07, 6.45) is 0. The van der Waals surface area contributed by atoms with E-state index in [1.807, 2.05) is 6.92 Å². The molecule has 142 valence electrons. The maximum absolute atomic E-state index is 12.3. The van der Waals surface area contributed by atoms with Crippen molar-refractivity contribution in [3.05, 3.63) is 77.5 Å². The van der Waals surface area contributed by atoms with Crippen molar-refractivity contribution in [3.8, 4) is 0 Å². The highest BCUT2D eigenvalue weighted by Crippen LogP contribution is 2.14. The maximum Gasteiger partial charge on any atom is 0.276 e. The monoisotopic (exact) mass is 375 g/mol. The van der Waals surface area contributed by atoms with Gasteiger partial charge in [-0.15, -0.1) is 10.2 Å². The highest BCUT2D eigenvalue weighted by molar-refractivity contribution is 6.03. The van der Waals surface area contributed by atoms with E-state index in [-0.39, 0.29) is 17.5 Å². The SMILES string of the molecule is CC(=O)Nc1ccc(NC(=O)c2ccc(NCc3ccc(C)cc3)nn2)cc1. The fourth-order valence-corrected chi connectivity index (χ4v) is 2.48. The minimum Gasteiger partial charge on any atom is -0.365 e. The Bertz CT molecular complexity index is 952. The van der Waals surface area contributed by atoms with E-state index in [1.165, 1.54) is 12.5 Å². The standard InChI is InChI=1S/C21H21N5O2/c1-14-3-5-16(6-4-14)13-22-20-12-11-19(25-26-20)21(28)24-18-9-7-17(8-10-18)23-15(2)27/h3-12H,13H2,1-2H3,(H,22,26)(H,23,27)(H,24,28). The number of amides is 2. The molecule has 7 heteroatoms. The Hall–Kier alpha value is -3.74. The average molecular weight is 375 g/mol. The predicted octanol–water partition coefficient (Wildman–Crippen LogP) is 3.61. The molecule has 0 radical (unpaired) electrons. The van der Waals surface area contributed by atoms with Crippen molar-refractivity contribution in [2.45, 2.75) is 20.4 Å². The molecule has 0 aliphatic heterocycles. The molecular weight excluding hydrogens is 354 g/mol. The lowest BCUT2D eigenvalue weighted by Crippen LogP contribution is -2.15. The number of carbonyl (C=O) groups excluding carboxylic acids is 2. The smallest absolute Gasteiger partial charge is 0.276 e. The third-order valence-corrected chi connectivity index (χ3v) is 3.95. The van der Waals surface area contributed by atoms with Crippen LogP contribution in [-0.4, -0.2) is 22.0 Å². The molecule has 1 heterocycles. The van der Waals surface area contributed by atoms with Crippen molar-refractivity contribution in [2.24, 2.45) is 0 Å². The molecule has 0 bridgehead atoms. The summed E-state index contributed by atoms with van der Waals surface area (Å²) >= 11 is 0. The molecule has 0 aliphatic carbocycles. The van der Waals surface area contributed by atoms with Crippen LogP contribution in [0.2, 0.25) is 0 Å². The summed E-state index contributed by atoms with van der Waals surface area (Å²) < 4.78 is 0. The fourth-order valence-electron chi connectivity index (χ4n) is 2.48. The zero-order chi connectivity index (χ0) is 19.9. The Morgan fingerprint density at radius 3 is 2.04 bits per heavy atom. The van der Waals surface area contributed by atoms with E-state index >= 15 is 0 Å². The minimum absolute atomic E-state index is 0.150. The molecule has 0 saturated carbocycles. The van der Waals surface area contributed by atoms with Gasteiger partial charge in [0.15, 0.2) is 5.69 Å². The summed E-state index contributed by atoms with van der Waals surface area (Å²) in [7, 11) is 0. The topological polar surface area (TPSA) is 96.0 Å². The molecule has 0 saturated heterocycles. The second-order valence-corrected chi connectivity index (χ2v) is 6.36. The Kier molecular flexibility index (Phi) is 5.96. The van der Waals surface area contributed by atoms with Crippen molar-refractivity contribution >= 4 is 29.0 Å². The first-order valence-corrected chi connectivity index (χ1v) is 8.82. The minimum atomic E-state index is -0.357. The summed E-state index contributed by atoms with van der Waals surface area (Å²) in [5, 5.41) is 16.6. The van der Waals surface area contributed by atoms with Crippen LogP contribution >= 0.6 is 0 Å². The summed E-state index contributed by atoms with van der Waals surface area (Å²) in [5.41, 5.74) is 3.82. The Balaban J connectivity index is 1.55. The van der Waals surface area contributed by atoms with E-state index in [1.54, 1.807) is 36.4 Å². The Labute approximate surface area is 163 Å². The third kappa shape index (κ3) is 5.38. The lowest BCUT2D eigenvalue weighted by atomic mass is 10.1. The van der Waals surface area contributed by atoms with Gasteiger partial charge in [-0.25, -0.2) is 0 Å². The third-order valence-electron chi connectivity index (χ3n) is 3.95. The van der Waals surface area contributed by atoms with Crippen LogP contribution < -0.4 is 16.0 Å². The number of nitrogens with one attached hydrogen (secondary N) is 3. The van der Waals surface area contributed by atoms with Gasteiger partial charge in [0.05, 0.1) is 0 Å². The van der Waals surface area contributed by atoms with Gasteiger partial charge in [0, 0.05) is 24.8 Å². The van der Waals surface area contributed by atoms with E-state index in [4.69, 9.17) is 0 Å². The average Bonchev–Trinajstić information content (AvgIpc) is 2.69. The number of nitrogens with zero attached hydrogens (tertiary/aromatic N) is 2. The summed E-state index contributed by atoms with van der Waals surface area (Å²) in [6.45, 7) is 4.11. The molecule has 28 heavy (non-hydrogen) atoms. The van der Waals surface area contributed by atoms with Gasteiger partial charge in [0.25, 0.3) is 5.91 Å². The van der Waals surface area contributed by atoms with Gasteiger partial charge in [0.1, 0.15) is 5.82 Å². The lowest BCUT2D eigenvalue weighted by Gasteiger charge is -2.08. The highest BCUT2D eigenvalue weighted by Gasteiger charge is 2.09. The van der Waals surface area contributed by atoms with Crippen molar-refractivity contribution in [2.75, 3.05) is 16.0 Å². The van der Waals surface area contributed by atoms with Gasteiger partial charge in [-0.2, -0.15) is 0 Å². The molecule has 3 aromatic rings. The van der Waals surface area contributed by atoms with E-state index in [2.05, 4.69) is 50.4 Å². The van der Waals surface area contributed by atoms with Gasteiger partial charge < -0.3 is 16.0 Å². The Morgan fingerprint density at radius 2 is 1.46 bits per heavy atom. The van der Waals surface area contributed by atoms with Crippen molar-refractivity contribution < 1.29 is 9.59 Å². The number of aromatic nitrogens is 2. The number of hydrogen-bond acceptors (Lipinski definition) is 5. The molecule has 0 atom stereocenters. The van der Waals surface area contributed by atoms with Crippen molar-refractivity contribution in [3.63, 3.8) is 0 Å². The molecule has 7 nitrogen and oxygen atoms in total. The fraction of sp³-hybridized carbons (Fsp3) is 0.143. The van der Waals surface area contributed by atoms with Crippen LogP contribution in [0.5, 0.6) is 0 Å². The van der Waals surface area contributed by atoms with Gasteiger partial charge in [0.2, 0.25) is 5.91 Å². The second kappa shape index (κ2) is 8.77. The normalized spacial score (nSPS) is 10.2. The van der Waals surface area contributed by atoms with Crippen LogP contribution in [0, 0.1) is 6.92 Å². The molecule has 1 aromatic heterocycles. The zero-order valence-corrected chi connectivity index (χ0v) is 15.7. The number of hydrogen-bond donors (Lipinski definition) is 3. The number of carbonyl (C=O) groups is 2. The summed E-state index contributed by atoms with van der Waals surface area (Å²) in [4.78, 5) is 23.3. The van der Waals surface area contributed by atoms with Gasteiger partial charge in [-0.1, -0.05) is 29.8 Å². The van der Waals surface area contributed by atoms with Gasteiger partial charge in [-0.3, -0.25) is 9.59 Å². The molecular formula is C21H21N5O2. The van der Waals surface area contributed by atoms with E-state index in [0.29, 0.717) is 23.7 Å². The predicted molar refractivity (Wildman–Crippen MR) is 109 cm³/mol. The van der Waals surface area contributed by atoms with Gasteiger partial charge in [-0.05, 0) is 48.9 Å². The molecule has 3 N–H and O–H groups in total. The number of aryl methyl sites for hydroxylation is 1. The van der Waals surface area contributed by atoms with Crippen molar-refractivity contribution in [1.82, 2.24) is 10.2 Å². The zero-order valence-electron chi connectivity index (χ0n) is 15.7. The van der Waals surface area contributed by atoms with Crippen LogP contribution in [0.15, 0.2) is 60.7 Å². The lowest BCUT2D eigenvalue weighted by molar-refractivity contribution is -0.114. The highest BCUT2D eigenvalue weighted by atomic mass is 16.2. The number of benzene rings is 2. The summed E-state index contributed by atoms with van der Waals surface area (Å²) in [5.74, 6) is 0.0878. The first kappa shape index (κ1) is 19.0. The van der Waals surface area contributed by atoms with E-state index in [9.17, 15) is 9.59 Å². The molecule has 2 aromatic carbocycles. The molecule has 0 spiro atoms. The van der Waals surface area contributed by atoms with E-state index in [0.717, 1.165) is 5.56 Å². The molecule has 2 amide bonds. The first-order valence-electron chi connectivity index (χ1n) is 8.82. The molecule has 3 rings (SSSR count). The van der Waals surface area contributed by atoms with Crippen LogP contribution in [0.3, 0.4) is 0 Å². The Morgan fingerprint density at radius 1 is 0.821 bits per heavy atom. The van der Waals surface area contributed by atoms with Crippen LogP contribution in [0.25, 0.3) is 0 Å². The maximum atomic E-state index is 12.3. The number of rotatable bonds is 6. The van der Waals surface area contributed by atoms with Gasteiger partial charge >= 0.3 is 0 Å². The van der Waals surface area contributed by atoms with Crippen LogP contribution in [0.4, 0.5) is 17.2 Å².